The number of ether oxygens (including phenoxy) is 3. The first-order valence-electron chi connectivity index (χ1n) is 8.90. The van der Waals surface area contributed by atoms with E-state index in [1.807, 2.05) is 0 Å². The van der Waals surface area contributed by atoms with Crippen LogP contribution in [0.5, 0.6) is 0 Å². The van der Waals surface area contributed by atoms with Crippen LogP contribution in [0.15, 0.2) is 0 Å². The van der Waals surface area contributed by atoms with Gasteiger partial charge in [-0.3, -0.25) is 9.59 Å². The fourth-order valence-electron chi connectivity index (χ4n) is 3.34. The van der Waals surface area contributed by atoms with Crippen molar-refractivity contribution < 1.29 is 49.3 Å². The fourth-order valence-corrected chi connectivity index (χ4v) is 3.34. The summed E-state index contributed by atoms with van der Waals surface area (Å²) in [7, 11) is 0. The van der Waals surface area contributed by atoms with E-state index in [9.17, 15) is 35.1 Å². The molecule has 0 saturated carbocycles. The second-order valence-corrected chi connectivity index (χ2v) is 6.98. The molecule has 2 heterocycles. The molecule has 2 saturated heterocycles. The van der Waals surface area contributed by atoms with Gasteiger partial charge in [-0.25, -0.2) is 0 Å². The Morgan fingerprint density at radius 2 is 1.50 bits per heavy atom. The summed E-state index contributed by atoms with van der Waals surface area (Å²) in [5, 5.41) is 55.4. The first-order chi connectivity index (χ1) is 13.1. The summed E-state index contributed by atoms with van der Waals surface area (Å²) in [6, 6.07) is -2.34. The van der Waals surface area contributed by atoms with Gasteiger partial charge in [-0.2, -0.15) is 0 Å². The number of hydrogen-bond donors (Lipinski definition) is 7. The highest BCUT2D eigenvalue weighted by atomic mass is 16.7. The lowest BCUT2D eigenvalue weighted by Crippen LogP contribution is -2.68. The van der Waals surface area contributed by atoms with Crippen molar-refractivity contribution in [2.45, 2.75) is 82.1 Å². The number of carbonyl (C=O) groups excluding carboxylic acids is 2. The summed E-state index contributed by atoms with van der Waals surface area (Å²) in [5.41, 5.74) is 0. The smallest absolute Gasteiger partial charge is 0.217 e. The molecule has 12 nitrogen and oxygen atoms in total. The Kier molecular flexibility index (Phi) is 7.70. The summed E-state index contributed by atoms with van der Waals surface area (Å²) in [5.74, 6) is -1.03. The normalized spacial score (nSPS) is 44.0. The van der Waals surface area contributed by atoms with Crippen LogP contribution in [-0.2, 0) is 23.8 Å². The molecule has 2 aliphatic rings. The predicted octanol–water partition coefficient (Wildman–Crippen LogP) is -4.08. The molecule has 162 valence electrons. The second kappa shape index (κ2) is 9.41. The number of hydrogen-bond acceptors (Lipinski definition) is 10. The molecule has 2 aliphatic heterocycles. The average Bonchev–Trinajstić information content (AvgIpc) is 2.61. The van der Waals surface area contributed by atoms with Gasteiger partial charge in [0.1, 0.15) is 36.6 Å². The van der Waals surface area contributed by atoms with Gasteiger partial charge in [0.15, 0.2) is 12.6 Å². The van der Waals surface area contributed by atoms with E-state index in [0.29, 0.717) is 0 Å². The summed E-state index contributed by atoms with van der Waals surface area (Å²) in [6.45, 7) is 3.26. The van der Waals surface area contributed by atoms with E-state index in [4.69, 9.17) is 14.2 Å². The quantitative estimate of drug-likeness (QED) is 0.236. The highest BCUT2D eigenvalue weighted by Gasteiger charge is 2.50. The number of carbonyl (C=O) groups is 2. The van der Waals surface area contributed by atoms with Gasteiger partial charge < -0.3 is 50.4 Å². The summed E-state index contributed by atoms with van der Waals surface area (Å²) in [4.78, 5) is 22.8. The maximum Gasteiger partial charge on any atom is 0.217 e. The van der Waals surface area contributed by atoms with Gasteiger partial charge in [0, 0.05) is 13.8 Å². The zero-order valence-electron chi connectivity index (χ0n) is 15.8. The molecule has 0 aromatic heterocycles. The Hall–Kier alpha value is -1.38. The molecular weight excluding hydrogens is 380 g/mol. The highest BCUT2D eigenvalue weighted by Crippen LogP contribution is 2.28. The molecule has 12 heteroatoms. The van der Waals surface area contributed by atoms with E-state index in [0.717, 1.165) is 0 Å². The molecule has 0 bridgehead atoms. The highest BCUT2D eigenvalue weighted by molar-refractivity contribution is 5.73. The molecule has 2 amide bonds. The predicted molar refractivity (Wildman–Crippen MR) is 90.4 cm³/mol. The lowest BCUT2D eigenvalue weighted by atomic mass is 9.94. The molecule has 28 heavy (non-hydrogen) atoms. The van der Waals surface area contributed by atoms with Crippen LogP contribution in [0, 0.1) is 0 Å². The van der Waals surface area contributed by atoms with Crippen LogP contribution >= 0.6 is 0 Å². The van der Waals surface area contributed by atoms with E-state index in [1.165, 1.54) is 20.8 Å². The van der Waals surface area contributed by atoms with E-state index in [2.05, 4.69) is 10.6 Å². The van der Waals surface area contributed by atoms with Gasteiger partial charge in [0.05, 0.1) is 18.8 Å². The largest absolute Gasteiger partial charge is 0.394 e. The summed E-state index contributed by atoms with van der Waals surface area (Å²) >= 11 is 0. The van der Waals surface area contributed by atoms with Crippen molar-refractivity contribution in [3.63, 3.8) is 0 Å². The maximum atomic E-state index is 11.5. The summed E-state index contributed by atoms with van der Waals surface area (Å²) < 4.78 is 16.2. The number of aliphatic hydroxyl groups excluding tert-OH is 5. The van der Waals surface area contributed by atoms with Gasteiger partial charge in [0.25, 0.3) is 0 Å². The van der Waals surface area contributed by atoms with Crippen LogP contribution in [0.3, 0.4) is 0 Å². The zero-order valence-corrected chi connectivity index (χ0v) is 15.8. The van der Waals surface area contributed by atoms with E-state index in [-0.39, 0.29) is 0 Å². The van der Waals surface area contributed by atoms with Crippen molar-refractivity contribution in [1.29, 1.82) is 0 Å². The minimum absolute atomic E-state index is 0.492. The third-order valence-corrected chi connectivity index (χ3v) is 4.75. The maximum absolute atomic E-state index is 11.5. The van der Waals surface area contributed by atoms with Crippen LogP contribution in [0.2, 0.25) is 0 Å². The van der Waals surface area contributed by atoms with E-state index in [1.54, 1.807) is 0 Å². The van der Waals surface area contributed by atoms with E-state index < -0.39 is 79.7 Å². The first-order valence-corrected chi connectivity index (χ1v) is 8.90. The first kappa shape index (κ1) is 22.9. The molecule has 0 spiro atoms. The SMILES string of the molecule is CC(=O)N[C@H]1[C@@H](O)[C@H](O[C@H]2[C@@H](O)[C@@H](CO)O[C@H](O)[C@H]2NC(C)=O)O[C@H](C)[C@H]1O. The Balaban J connectivity index is 2.24. The van der Waals surface area contributed by atoms with Crippen molar-refractivity contribution in [2.75, 3.05) is 6.61 Å². The minimum Gasteiger partial charge on any atom is -0.394 e. The average molecular weight is 408 g/mol. The Morgan fingerprint density at radius 3 is 2.04 bits per heavy atom. The zero-order chi connectivity index (χ0) is 21.2. The van der Waals surface area contributed by atoms with Crippen molar-refractivity contribution >= 4 is 11.8 Å². The van der Waals surface area contributed by atoms with Gasteiger partial charge in [0.2, 0.25) is 11.8 Å². The summed E-state index contributed by atoms with van der Waals surface area (Å²) in [6.07, 6.45) is -10.6. The number of amides is 2. The molecule has 2 rings (SSSR count). The van der Waals surface area contributed by atoms with Crippen LogP contribution in [0.4, 0.5) is 0 Å². The number of nitrogens with one attached hydrogen (secondary N) is 2. The fraction of sp³-hybridized carbons (Fsp3) is 0.875. The second-order valence-electron chi connectivity index (χ2n) is 6.98. The molecule has 0 unspecified atom stereocenters. The Labute approximate surface area is 161 Å². The van der Waals surface area contributed by atoms with Gasteiger partial charge in [-0.15, -0.1) is 0 Å². The Morgan fingerprint density at radius 1 is 0.929 bits per heavy atom. The molecule has 0 aromatic carbocycles. The van der Waals surface area contributed by atoms with Crippen LogP contribution in [-0.4, -0.2) is 105 Å². The van der Waals surface area contributed by atoms with Crippen LogP contribution in [0.1, 0.15) is 20.8 Å². The topological polar surface area (TPSA) is 187 Å². The van der Waals surface area contributed by atoms with Gasteiger partial charge in [-0.1, -0.05) is 0 Å². The number of aliphatic hydroxyl groups is 5. The van der Waals surface area contributed by atoms with Crippen molar-refractivity contribution in [2.24, 2.45) is 0 Å². The molecule has 7 N–H and O–H groups in total. The van der Waals surface area contributed by atoms with Crippen molar-refractivity contribution in [3.05, 3.63) is 0 Å². The van der Waals surface area contributed by atoms with Crippen molar-refractivity contribution in [1.82, 2.24) is 10.6 Å². The molecule has 0 radical (unpaired) electrons. The standard InChI is InChI=1S/C16H28N2O10/c1-5-11(22)9(17-6(2)20)13(24)16(26-5)28-14-10(18-7(3)21)15(25)27-8(4-19)12(14)23/h5,8-16,19,22-25H,4H2,1-3H3,(H,17,20)(H,18,21)/t5-,8-,9-,10+,11-,12+,13-,14-,15+,16+/m1/s1. The molecular formula is C16H28N2O10. The van der Waals surface area contributed by atoms with Gasteiger partial charge >= 0.3 is 0 Å². The minimum atomic E-state index is -1.61. The third kappa shape index (κ3) is 4.96. The van der Waals surface area contributed by atoms with Crippen LogP contribution < -0.4 is 10.6 Å². The molecule has 0 aromatic rings. The molecule has 0 aliphatic carbocycles. The third-order valence-electron chi connectivity index (χ3n) is 4.75. The number of rotatable bonds is 5. The lowest BCUT2D eigenvalue weighted by molar-refractivity contribution is -0.326. The lowest BCUT2D eigenvalue weighted by Gasteiger charge is -2.47. The van der Waals surface area contributed by atoms with Crippen molar-refractivity contribution in [3.8, 4) is 0 Å². The molecule has 10 atom stereocenters. The van der Waals surface area contributed by atoms with E-state index >= 15 is 0 Å². The van der Waals surface area contributed by atoms with Gasteiger partial charge in [-0.05, 0) is 6.92 Å². The monoisotopic (exact) mass is 408 g/mol. The Bertz CT molecular complexity index is 564. The van der Waals surface area contributed by atoms with Crippen LogP contribution in [0.25, 0.3) is 0 Å². The molecule has 2 fully saturated rings.